The van der Waals surface area contributed by atoms with Gasteiger partial charge in [-0.3, -0.25) is 9.10 Å². The first-order valence-electron chi connectivity index (χ1n) is 9.59. The summed E-state index contributed by atoms with van der Waals surface area (Å²) in [5, 5.41) is 2.70. The van der Waals surface area contributed by atoms with Crippen molar-refractivity contribution < 1.29 is 26.4 Å². The number of amides is 1. The third kappa shape index (κ3) is 6.91. The van der Waals surface area contributed by atoms with E-state index in [0.29, 0.717) is 19.8 Å². The Morgan fingerprint density at radius 2 is 1.70 bits per heavy atom. The quantitative estimate of drug-likeness (QED) is 0.468. The molecule has 0 saturated carbocycles. The standard InChI is InChI=1S/C18H30N4O6S2/c1-20(2)10-4-9-19-18(23)15-22(29(3,24)25)16-5-7-17(8-6-16)30(26,27)21-11-13-28-14-12-21/h5-8H,4,9-15H2,1-3H3,(H,19,23). The van der Waals surface area contributed by atoms with Crippen LogP contribution in [0.25, 0.3) is 0 Å². The van der Waals surface area contributed by atoms with Crippen molar-refractivity contribution in [1.82, 2.24) is 14.5 Å². The lowest BCUT2D eigenvalue weighted by molar-refractivity contribution is -0.119. The second-order valence-corrected chi connectivity index (χ2v) is 11.1. The Labute approximate surface area is 178 Å². The summed E-state index contributed by atoms with van der Waals surface area (Å²) in [4.78, 5) is 14.3. The zero-order valence-electron chi connectivity index (χ0n) is 17.6. The molecule has 0 unspecified atom stereocenters. The first-order chi connectivity index (χ1) is 14.0. The van der Waals surface area contributed by atoms with Gasteiger partial charge in [-0.25, -0.2) is 16.8 Å². The van der Waals surface area contributed by atoms with E-state index in [1.54, 1.807) is 0 Å². The summed E-state index contributed by atoms with van der Waals surface area (Å²) in [5.41, 5.74) is 0.224. The zero-order chi connectivity index (χ0) is 22.4. The summed E-state index contributed by atoms with van der Waals surface area (Å²) in [5.74, 6) is -0.427. The molecular formula is C18H30N4O6S2. The van der Waals surface area contributed by atoms with Crippen LogP contribution in [0.2, 0.25) is 0 Å². The van der Waals surface area contributed by atoms with Crippen molar-refractivity contribution >= 4 is 31.6 Å². The molecule has 1 fully saturated rings. The van der Waals surface area contributed by atoms with Crippen LogP contribution in [0.15, 0.2) is 29.2 Å². The molecule has 2 rings (SSSR count). The number of morpholine rings is 1. The Kier molecular flexibility index (Phi) is 8.62. The molecule has 0 radical (unpaired) electrons. The van der Waals surface area contributed by atoms with Gasteiger partial charge in [-0.2, -0.15) is 4.31 Å². The fraction of sp³-hybridized carbons (Fsp3) is 0.611. The minimum atomic E-state index is -3.74. The molecule has 0 aromatic heterocycles. The summed E-state index contributed by atoms with van der Waals surface area (Å²) in [6, 6.07) is 5.50. The van der Waals surface area contributed by atoms with Crippen molar-refractivity contribution in [2.45, 2.75) is 11.3 Å². The Balaban J connectivity index is 2.10. The van der Waals surface area contributed by atoms with Gasteiger partial charge in [-0.05, 0) is 51.3 Å². The first kappa shape index (κ1) is 24.5. The minimum absolute atomic E-state index is 0.0646. The van der Waals surface area contributed by atoms with Gasteiger partial charge in [0.1, 0.15) is 6.54 Å². The maximum Gasteiger partial charge on any atom is 0.243 e. The fourth-order valence-corrected chi connectivity index (χ4v) is 5.19. The largest absolute Gasteiger partial charge is 0.379 e. The Hall–Kier alpha value is -1.73. The van der Waals surface area contributed by atoms with Crippen LogP contribution in [0, 0.1) is 0 Å². The predicted octanol–water partition coefficient (Wildman–Crippen LogP) is -0.459. The molecule has 1 saturated heterocycles. The van der Waals surface area contributed by atoms with E-state index in [4.69, 9.17) is 4.74 Å². The molecule has 1 amide bonds. The molecule has 0 spiro atoms. The maximum absolute atomic E-state index is 12.7. The third-order valence-corrected chi connectivity index (χ3v) is 7.58. The molecule has 30 heavy (non-hydrogen) atoms. The highest BCUT2D eigenvalue weighted by molar-refractivity contribution is 7.92. The first-order valence-corrected chi connectivity index (χ1v) is 12.9. The van der Waals surface area contributed by atoms with Crippen molar-refractivity contribution in [3.05, 3.63) is 24.3 Å². The van der Waals surface area contributed by atoms with Crippen molar-refractivity contribution in [2.75, 3.05) is 70.6 Å². The maximum atomic E-state index is 12.7. The Morgan fingerprint density at radius 3 is 2.23 bits per heavy atom. The predicted molar refractivity (Wildman–Crippen MR) is 114 cm³/mol. The number of hydrogen-bond donors (Lipinski definition) is 1. The summed E-state index contributed by atoms with van der Waals surface area (Å²) >= 11 is 0. The normalized spacial score (nSPS) is 15.9. The molecule has 1 aromatic rings. The monoisotopic (exact) mass is 462 g/mol. The van der Waals surface area contributed by atoms with Gasteiger partial charge >= 0.3 is 0 Å². The minimum Gasteiger partial charge on any atom is -0.379 e. The van der Waals surface area contributed by atoms with Gasteiger partial charge in [-0.1, -0.05) is 0 Å². The average molecular weight is 463 g/mol. The second kappa shape index (κ2) is 10.5. The van der Waals surface area contributed by atoms with Crippen LogP contribution in [-0.2, 0) is 29.6 Å². The number of benzene rings is 1. The number of rotatable bonds is 10. The lowest BCUT2D eigenvalue weighted by Gasteiger charge is -2.26. The molecule has 1 heterocycles. The fourth-order valence-electron chi connectivity index (χ4n) is 2.93. The van der Waals surface area contributed by atoms with Crippen molar-refractivity contribution in [3.8, 4) is 0 Å². The number of sulfonamides is 2. The van der Waals surface area contributed by atoms with Gasteiger partial charge < -0.3 is 15.0 Å². The van der Waals surface area contributed by atoms with E-state index in [0.717, 1.165) is 23.5 Å². The Morgan fingerprint density at radius 1 is 1.10 bits per heavy atom. The second-order valence-electron chi connectivity index (χ2n) is 7.29. The van der Waals surface area contributed by atoms with Crippen LogP contribution < -0.4 is 9.62 Å². The lowest BCUT2D eigenvalue weighted by atomic mass is 10.3. The van der Waals surface area contributed by atoms with E-state index in [-0.39, 0.29) is 30.2 Å². The number of nitrogens with zero attached hydrogens (tertiary/aromatic N) is 3. The number of carbonyl (C=O) groups is 1. The molecule has 1 aliphatic rings. The highest BCUT2D eigenvalue weighted by Gasteiger charge is 2.27. The zero-order valence-corrected chi connectivity index (χ0v) is 19.2. The van der Waals surface area contributed by atoms with E-state index < -0.39 is 26.0 Å². The number of carbonyl (C=O) groups excluding carboxylic acids is 1. The van der Waals surface area contributed by atoms with Crippen LogP contribution >= 0.6 is 0 Å². The molecular weight excluding hydrogens is 432 g/mol. The number of nitrogens with one attached hydrogen (secondary N) is 1. The van der Waals surface area contributed by atoms with Crippen LogP contribution in [0.1, 0.15) is 6.42 Å². The van der Waals surface area contributed by atoms with Gasteiger partial charge in [0.15, 0.2) is 0 Å². The van der Waals surface area contributed by atoms with E-state index in [1.165, 1.54) is 28.6 Å². The van der Waals surface area contributed by atoms with Crippen LogP contribution in [0.3, 0.4) is 0 Å². The molecule has 1 N–H and O–H groups in total. The number of hydrogen-bond acceptors (Lipinski definition) is 7. The lowest BCUT2D eigenvalue weighted by Crippen LogP contribution is -2.41. The van der Waals surface area contributed by atoms with Crippen LogP contribution in [-0.4, -0.2) is 98.2 Å². The molecule has 10 nitrogen and oxygen atoms in total. The molecule has 170 valence electrons. The summed E-state index contributed by atoms with van der Waals surface area (Å²) in [6.45, 7) is 2.07. The van der Waals surface area contributed by atoms with Crippen molar-refractivity contribution in [2.24, 2.45) is 0 Å². The van der Waals surface area contributed by atoms with E-state index >= 15 is 0 Å². The van der Waals surface area contributed by atoms with Gasteiger partial charge in [0.2, 0.25) is 26.0 Å². The van der Waals surface area contributed by atoms with Crippen molar-refractivity contribution in [3.63, 3.8) is 0 Å². The SMILES string of the molecule is CN(C)CCCNC(=O)CN(c1ccc(S(=O)(=O)N2CCOCC2)cc1)S(C)(=O)=O. The average Bonchev–Trinajstić information content (AvgIpc) is 2.69. The van der Waals surface area contributed by atoms with Gasteiger partial charge in [-0.15, -0.1) is 0 Å². The highest BCUT2D eigenvalue weighted by atomic mass is 32.2. The summed E-state index contributed by atoms with van der Waals surface area (Å²) in [6.07, 6.45) is 1.75. The van der Waals surface area contributed by atoms with Gasteiger partial charge in [0, 0.05) is 19.6 Å². The van der Waals surface area contributed by atoms with E-state index in [1.807, 2.05) is 19.0 Å². The van der Waals surface area contributed by atoms with E-state index in [2.05, 4.69) is 5.32 Å². The van der Waals surface area contributed by atoms with E-state index in [9.17, 15) is 21.6 Å². The molecule has 1 aromatic carbocycles. The summed E-state index contributed by atoms with van der Waals surface area (Å²) in [7, 11) is -3.57. The molecule has 0 atom stereocenters. The van der Waals surface area contributed by atoms with Crippen molar-refractivity contribution in [1.29, 1.82) is 0 Å². The molecule has 0 aliphatic carbocycles. The highest BCUT2D eigenvalue weighted by Crippen LogP contribution is 2.23. The van der Waals surface area contributed by atoms with Gasteiger partial charge in [0.25, 0.3) is 0 Å². The van der Waals surface area contributed by atoms with Crippen LogP contribution in [0.4, 0.5) is 5.69 Å². The molecule has 0 bridgehead atoms. The number of ether oxygens (including phenoxy) is 1. The van der Waals surface area contributed by atoms with Crippen LogP contribution in [0.5, 0.6) is 0 Å². The Bertz CT molecular complexity index is 910. The topological polar surface area (TPSA) is 116 Å². The smallest absolute Gasteiger partial charge is 0.243 e. The summed E-state index contributed by atoms with van der Waals surface area (Å²) < 4.78 is 57.3. The third-order valence-electron chi connectivity index (χ3n) is 4.52. The van der Waals surface area contributed by atoms with Gasteiger partial charge in [0.05, 0.1) is 30.1 Å². The molecule has 12 heteroatoms. The molecule has 1 aliphatic heterocycles. The number of anilines is 1.